The van der Waals surface area contributed by atoms with Crippen LogP contribution >= 0.6 is 0 Å². The van der Waals surface area contributed by atoms with Crippen LogP contribution in [0.4, 0.5) is 0 Å². The quantitative estimate of drug-likeness (QED) is 0.212. The second-order valence-electron chi connectivity index (χ2n) is 5.61. The van der Waals surface area contributed by atoms with Gasteiger partial charge in [0, 0.05) is 12.4 Å². The molecule has 128 valence electrons. The van der Waals surface area contributed by atoms with E-state index in [1.807, 2.05) is 12.3 Å². The van der Waals surface area contributed by atoms with E-state index in [1.165, 1.54) is 12.8 Å². The monoisotopic (exact) mass is 354 g/mol. The Morgan fingerprint density at radius 3 is 2.26 bits per heavy atom. The van der Waals surface area contributed by atoms with E-state index in [-0.39, 0.29) is 88.4 Å². The van der Waals surface area contributed by atoms with Gasteiger partial charge in [0.2, 0.25) is 0 Å². The molecule has 0 aliphatic rings. The molecule has 0 bridgehead atoms. The van der Waals surface area contributed by atoms with Crippen molar-refractivity contribution in [1.82, 2.24) is 0 Å². The molecule has 0 aliphatic heterocycles. The Kier molecular flexibility index (Phi) is 17.4. The van der Waals surface area contributed by atoms with Crippen molar-refractivity contribution in [2.75, 3.05) is 26.2 Å². The summed E-state index contributed by atoms with van der Waals surface area (Å²) in [4.78, 5) is 21.5. The summed E-state index contributed by atoms with van der Waals surface area (Å²) in [5.74, 6) is -2.09. The first-order chi connectivity index (χ1) is 10.5. The largest absolute Gasteiger partial charge is 1.00 e. The Hall–Kier alpha value is 0.236. The van der Waals surface area contributed by atoms with Crippen LogP contribution in [0.15, 0.2) is 12.3 Å². The molecular weight excluding hydrogens is 325 g/mol. The Balaban J connectivity index is 0. The Bertz CT molecular complexity index is 342. The van der Waals surface area contributed by atoms with Crippen molar-refractivity contribution in [2.45, 2.75) is 51.9 Å². The van der Waals surface area contributed by atoms with Crippen LogP contribution in [0.2, 0.25) is 0 Å². The third kappa shape index (κ3) is 14.3. The number of carboxylic acid groups (broad SMARTS) is 2. The van der Waals surface area contributed by atoms with Crippen LogP contribution in [0.1, 0.15) is 51.9 Å². The van der Waals surface area contributed by atoms with Crippen molar-refractivity contribution in [3.63, 3.8) is 0 Å². The van der Waals surface area contributed by atoms with Gasteiger partial charge in [0.1, 0.15) is 6.54 Å². The number of quaternary nitrogens is 1. The molecule has 0 rings (SSSR count). The predicted octanol–water partition coefficient (Wildman–Crippen LogP) is -2.10. The van der Waals surface area contributed by atoms with Gasteiger partial charge in [-0.3, -0.25) is 9.28 Å². The molecule has 23 heavy (non-hydrogen) atoms. The molecule has 0 radical (unpaired) electrons. The van der Waals surface area contributed by atoms with Crippen molar-refractivity contribution in [3.05, 3.63) is 12.3 Å². The zero-order valence-corrected chi connectivity index (χ0v) is 17.6. The summed E-state index contributed by atoms with van der Waals surface area (Å²) >= 11 is 0. The van der Waals surface area contributed by atoms with Gasteiger partial charge in [0.05, 0.1) is 32.3 Å². The van der Waals surface area contributed by atoms with Gasteiger partial charge in [0.25, 0.3) is 0 Å². The SMILES string of the molecule is CCCCCC/C=C/[N+](CCO)(CCC(=O)[O-])CCC(=O)O.[K+]. The van der Waals surface area contributed by atoms with Gasteiger partial charge >= 0.3 is 57.4 Å². The number of aliphatic hydroxyl groups is 1. The Morgan fingerprint density at radius 2 is 1.74 bits per heavy atom. The third-order valence-electron chi connectivity index (χ3n) is 3.72. The number of rotatable bonds is 14. The number of hydrogen-bond acceptors (Lipinski definition) is 4. The predicted molar refractivity (Wildman–Crippen MR) is 81.7 cm³/mol. The second kappa shape index (κ2) is 15.7. The van der Waals surface area contributed by atoms with Gasteiger partial charge in [-0.15, -0.1) is 0 Å². The van der Waals surface area contributed by atoms with Crippen molar-refractivity contribution < 1.29 is 80.8 Å². The summed E-state index contributed by atoms with van der Waals surface area (Å²) < 4.78 is 0.171. The maximum atomic E-state index is 10.8. The first kappa shape index (κ1) is 25.5. The van der Waals surface area contributed by atoms with Crippen LogP contribution in [0.25, 0.3) is 0 Å². The molecule has 1 atom stereocenters. The van der Waals surface area contributed by atoms with E-state index in [0.29, 0.717) is 6.54 Å². The molecule has 1 unspecified atom stereocenters. The van der Waals surface area contributed by atoms with E-state index in [2.05, 4.69) is 6.92 Å². The van der Waals surface area contributed by atoms with Crippen LogP contribution in [0.5, 0.6) is 0 Å². The van der Waals surface area contributed by atoms with Gasteiger partial charge in [-0.2, -0.15) is 0 Å². The molecule has 0 saturated carbocycles. The van der Waals surface area contributed by atoms with Crippen molar-refractivity contribution in [2.24, 2.45) is 0 Å². The standard InChI is InChI=1S/C16H29NO5.K/c1-2-3-4-5-6-7-10-17(13-14-18,11-8-15(19)20)12-9-16(21)22;/h7,10,18H,2-6,8-9,11-14H2,1H3,(H-,19,20,21,22);/q;+1/b10-7+;. The average Bonchev–Trinajstić information content (AvgIpc) is 2.46. The minimum absolute atomic E-state index is 0. The number of allylic oxidation sites excluding steroid dienone is 1. The molecule has 0 saturated heterocycles. The summed E-state index contributed by atoms with van der Waals surface area (Å²) in [5.41, 5.74) is 0. The summed E-state index contributed by atoms with van der Waals surface area (Å²) in [7, 11) is 0. The zero-order valence-electron chi connectivity index (χ0n) is 14.5. The molecule has 0 aromatic heterocycles. The van der Waals surface area contributed by atoms with Gasteiger partial charge < -0.3 is 20.1 Å². The molecule has 0 aromatic carbocycles. The first-order valence-corrected chi connectivity index (χ1v) is 8.01. The van der Waals surface area contributed by atoms with Gasteiger partial charge in [-0.05, 0) is 18.9 Å². The molecule has 7 heteroatoms. The fourth-order valence-corrected chi connectivity index (χ4v) is 2.38. The van der Waals surface area contributed by atoms with Crippen LogP contribution in [0, 0.1) is 0 Å². The van der Waals surface area contributed by atoms with Crippen molar-refractivity contribution >= 4 is 11.9 Å². The minimum atomic E-state index is -1.16. The Labute approximate surface area is 181 Å². The Morgan fingerprint density at radius 1 is 1.09 bits per heavy atom. The first-order valence-electron chi connectivity index (χ1n) is 8.01. The number of hydrogen-bond donors (Lipinski definition) is 2. The molecule has 0 aromatic rings. The van der Waals surface area contributed by atoms with E-state index in [4.69, 9.17) is 5.11 Å². The fourth-order valence-electron chi connectivity index (χ4n) is 2.38. The maximum Gasteiger partial charge on any atom is 1.00 e. The molecule has 0 aliphatic carbocycles. The van der Waals surface area contributed by atoms with Crippen LogP contribution in [-0.2, 0) is 9.59 Å². The van der Waals surface area contributed by atoms with Crippen LogP contribution < -0.4 is 56.5 Å². The minimum Gasteiger partial charge on any atom is -0.550 e. The van der Waals surface area contributed by atoms with Crippen molar-refractivity contribution in [1.29, 1.82) is 0 Å². The van der Waals surface area contributed by atoms with Crippen molar-refractivity contribution in [3.8, 4) is 0 Å². The molecule has 2 N–H and O–H groups in total. The number of nitrogens with zero attached hydrogens (tertiary/aromatic N) is 1. The van der Waals surface area contributed by atoms with Crippen LogP contribution in [-0.4, -0.2) is 52.9 Å². The zero-order chi connectivity index (χ0) is 16.8. The summed E-state index contributed by atoms with van der Waals surface area (Å²) in [6.07, 6.45) is 9.05. The molecule has 0 fully saturated rings. The van der Waals surface area contributed by atoms with Crippen LogP contribution in [0.3, 0.4) is 0 Å². The second-order valence-corrected chi connectivity index (χ2v) is 5.61. The molecule has 0 spiro atoms. The summed E-state index contributed by atoms with van der Waals surface area (Å²) in [5, 5.41) is 28.8. The summed E-state index contributed by atoms with van der Waals surface area (Å²) in [6.45, 7) is 2.85. The molecule has 6 nitrogen and oxygen atoms in total. The van der Waals surface area contributed by atoms with E-state index >= 15 is 0 Å². The fraction of sp³-hybridized carbons (Fsp3) is 0.750. The van der Waals surface area contributed by atoms with E-state index < -0.39 is 11.9 Å². The molecule has 0 heterocycles. The number of unbranched alkanes of at least 4 members (excludes halogenated alkanes) is 4. The number of carboxylic acids is 2. The van der Waals surface area contributed by atoms with E-state index in [1.54, 1.807) is 0 Å². The van der Waals surface area contributed by atoms with Gasteiger partial charge in [0.15, 0.2) is 0 Å². The summed E-state index contributed by atoms with van der Waals surface area (Å²) in [6, 6.07) is 0. The van der Waals surface area contributed by atoms with Gasteiger partial charge in [-0.1, -0.05) is 26.2 Å². The average molecular weight is 355 g/mol. The number of carbonyl (C=O) groups excluding carboxylic acids is 1. The topological polar surface area (TPSA) is 97.7 Å². The molecular formula is C16H29KNO5+. The number of aliphatic hydroxyl groups excluding tert-OH is 1. The van der Waals surface area contributed by atoms with E-state index in [0.717, 1.165) is 19.3 Å². The number of aliphatic carboxylic acids is 2. The van der Waals surface area contributed by atoms with Gasteiger partial charge in [-0.25, -0.2) is 0 Å². The smallest absolute Gasteiger partial charge is 0.550 e. The molecule has 0 amide bonds. The maximum absolute atomic E-state index is 10.8. The third-order valence-corrected chi connectivity index (χ3v) is 3.72. The number of carbonyl (C=O) groups is 2. The normalized spacial score (nSPS) is 13.5. The van der Waals surface area contributed by atoms with E-state index in [9.17, 15) is 19.8 Å².